The summed E-state index contributed by atoms with van der Waals surface area (Å²) in [6.07, 6.45) is 0. The maximum absolute atomic E-state index is 9.57. The van der Waals surface area contributed by atoms with Crippen LogP contribution in [0, 0.1) is 0 Å². The lowest BCUT2D eigenvalue weighted by atomic mass is 9.33. The number of hydrogen-bond donors (Lipinski definition) is 0. The van der Waals surface area contributed by atoms with Gasteiger partial charge in [-0.1, -0.05) is 244 Å². The van der Waals surface area contributed by atoms with Gasteiger partial charge in [0, 0.05) is 67.4 Å². The molecule has 0 unspecified atom stereocenters. The minimum atomic E-state index is -0.635. The molecule has 12 aromatic rings. The topological polar surface area (TPSA) is 9.72 Å². The van der Waals surface area contributed by atoms with Crippen molar-refractivity contribution in [3.05, 3.63) is 300 Å². The standard InChI is InChI=1S/C85H70BN3/c1-82(2,3)55-49-77-81-78(50-55)89(59-43-45-66-63-28-16-19-35-69(63)83(4,5)72(66)51-59)76-52-60(87(56-24-12-10-13-25-56)57-26-14-11-15-27-57)44-46-73(76)86(81)74-48-54(62-32-23-34-68-65-30-18-21-37-71(65)85(8,9)80(62)68)40-47-75(74)88(77)58-41-38-53(39-42-58)61-31-22-33-67-64-29-17-20-36-70(64)84(6,7)79(61)67/h10-52H,1-9H3/i10D,11D,12D,13D,14D,15D,24D,25D,26D,27D. The minimum absolute atomic E-state index is 0.213. The molecule has 0 spiro atoms. The number of nitrogens with zero attached hydrogens (tertiary/aromatic N) is 3. The molecule has 2 heterocycles. The molecule has 3 nitrogen and oxygen atoms in total. The third-order valence-corrected chi connectivity index (χ3v) is 20.3. The van der Waals surface area contributed by atoms with Crippen molar-refractivity contribution in [1.29, 1.82) is 0 Å². The summed E-state index contributed by atoms with van der Waals surface area (Å²) in [6.45, 7) is 20.1. The minimum Gasteiger partial charge on any atom is -0.311 e. The van der Waals surface area contributed by atoms with Crippen molar-refractivity contribution in [1.82, 2.24) is 0 Å². The molecular formula is C85H70BN3. The van der Waals surface area contributed by atoms with Gasteiger partial charge in [0.2, 0.25) is 0 Å². The summed E-state index contributed by atoms with van der Waals surface area (Å²) in [6, 6.07) is 66.5. The van der Waals surface area contributed by atoms with E-state index in [-0.39, 0.29) is 27.9 Å². The van der Waals surface area contributed by atoms with Crippen molar-refractivity contribution in [3.8, 4) is 55.6 Å². The van der Waals surface area contributed by atoms with Gasteiger partial charge in [-0.2, -0.15) is 0 Å². The van der Waals surface area contributed by atoms with Crippen LogP contribution < -0.4 is 31.1 Å². The van der Waals surface area contributed by atoms with E-state index >= 15 is 0 Å². The first kappa shape index (κ1) is 43.7. The molecule has 0 aromatic heterocycles. The Balaban J connectivity index is 0.963. The number of rotatable bonds is 7. The largest absolute Gasteiger partial charge is 0.311 e. The zero-order valence-corrected chi connectivity index (χ0v) is 51.5. The number of para-hydroxylation sites is 2. The summed E-state index contributed by atoms with van der Waals surface area (Å²) in [5.74, 6) is 0. The first-order chi connectivity index (χ1) is 47.2. The number of fused-ring (bicyclic) bond motifs is 13. The highest BCUT2D eigenvalue weighted by Gasteiger charge is 2.47. The quantitative estimate of drug-likeness (QED) is 0.147. The van der Waals surface area contributed by atoms with Crippen LogP contribution in [0.5, 0.6) is 0 Å². The highest BCUT2D eigenvalue weighted by atomic mass is 15.2. The van der Waals surface area contributed by atoms with Crippen molar-refractivity contribution >= 4 is 74.3 Å². The highest BCUT2D eigenvalue weighted by Crippen LogP contribution is 2.57. The second-order valence-electron chi connectivity index (χ2n) is 27.3. The molecule has 12 aromatic carbocycles. The fraction of sp³-hybridized carbons (Fsp3) is 0.153. The van der Waals surface area contributed by atoms with Gasteiger partial charge in [-0.3, -0.25) is 0 Å². The maximum Gasteiger partial charge on any atom is 0.252 e. The van der Waals surface area contributed by atoms with Crippen molar-refractivity contribution < 1.29 is 13.7 Å². The highest BCUT2D eigenvalue weighted by molar-refractivity contribution is 7.00. The van der Waals surface area contributed by atoms with Crippen LogP contribution in [0.1, 0.15) is 115 Å². The van der Waals surface area contributed by atoms with Gasteiger partial charge in [0.1, 0.15) is 0 Å². The second kappa shape index (κ2) is 19.1. The van der Waals surface area contributed by atoms with E-state index in [9.17, 15) is 5.48 Å². The molecule has 428 valence electrons. The molecule has 5 aliphatic rings. The fourth-order valence-corrected chi connectivity index (χ4v) is 16.2. The monoisotopic (exact) mass is 1150 g/mol. The molecule has 0 saturated carbocycles. The Morgan fingerprint density at radius 1 is 0.360 bits per heavy atom. The molecule has 0 radical (unpaired) electrons. The van der Waals surface area contributed by atoms with Crippen LogP contribution in [0.25, 0.3) is 55.6 Å². The predicted molar refractivity (Wildman–Crippen MR) is 377 cm³/mol. The van der Waals surface area contributed by atoms with Crippen LogP contribution in [-0.4, -0.2) is 6.71 Å². The average Bonchev–Trinajstić information content (AvgIpc) is 1.46. The first-order valence-corrected chi connectivity index (χ1v) is 31.0. The average molecular weight is 1150 g/mol. The molecular weight excluding hydrogens is 1070 g/mol. The summed E-state index contributed by atoms with van der Waals surface area (Å²) in [5, 5.41) is 0. The molecule has 0 fully saturated rings. The smallest absolute Gasteiger partial charge is 0.252 e. The Labute approximate surface area is 539 Å². The summed E-state index contributed by atoms with van der Waals surface area (Å²) < 4.78 is 91.9. The molecule has 89 heavy (non-hydrogen) atoms. The molecule has 0 amide bonds. The Bertz CT molecular complexity index is 5440. The zero-order valence-electron chi connectivity index (χ0n) is 61.5. The van der Waals surface area contributed by atoms with Gasteiger partial charge in [-0.25, -0.2) is 0 Å². The molecule has 0 saturated heterocycles. The Kier molecular flexibility index (Phi) is 9.35. The van der Waals surface area contributed by atoms with E-state index in [1.807, 2.05) is 18.2 Å². The lowest BCUT2D eigenvalue weighted by Crippen LogP contribution is -2.61. The molecule has 0 N–H and O–H groups in total. The summed E-state index contributed by atoms with van der Waals surface area (Å²) in [5.41, 5.74) is 26.8. The Hall–Kier alpha value is -9.90. The molecule has 17 rings (SSSR count). The summed E-state index contributed by atoms with van der Waals surface area (Å²) in [4.78, 5) is 6.04. The SMILES string of the molecule is [2H]c1c([2H])c([2H])c(N(c2ccc3c(c2)N(c2ccc4c(c2)C(C)(C)c2ccccc2-4)c2cc(C(C)(C)C)cc4c2B3c2cc(-c3cccc5c3C(C)(C)c3ccccc3-5)ccc2N4c2ccc(-c3cccc4c3C(C)(C)c3ccccc3-4)cc2)c2c([2H])c([2H])c([2H])c([2H])c2[2H])c([2H])c1[2H]. The molecule has 0 atom stereocenters. The molecule has 4 heteroatoms. The van der Waals surface area contributed by atoms with Gasteiger partial charge in [-0.15, -0.1) is 0 Å². The van der Waals surface area contributed by atoms with Crippen molar-refractivity contribution in [2.24, 2.45) is 0 Å². The van der Waals surface area contributed by atoms with E-state index in [4.69, 9.17) is 8.22 Å². The van der Waals surface area contributed by atoms with Gasteiger partial charge >= 0.3 is 0 Å². The fourth-order valence-electron chi connectivity index (χ4n) is 16.2. The van der Waals surface area contributed by atoms with Gasteiger partial charge in [0.05, 0.1) is 13.7 Å². The summed E-state index contributed by atoms with van der Waals surface area (Å²) in [7, 11) is 0. The van der Waals surface area contributed by atoms with E-state index < -0.39 is 78.0 Å². The Morgan fingerprint density at radius 3 is 1.40 bits per heavy atom. The lowest BCUT2D eigenvalue weighted by molar-refractivity contribution is 0.590. The van der Waals surface area contributed by atoms with Crippen LogP contribution >= 0.6 is 0 Å². The summed E-state index contributed by atoms with van der Waals surface area (Å²) >= 11 is 0. The molecule has 3 aliphatic carbocycles. The van der Waals surface area contributed by atoms with Crippen LogP contribution in [0.2, 0.25) is 0 Å². The third kappa shape index (κ3) is 7.72. The van der Waals surface area contributed by atoms with Crippen LogP contribution in [-0.2, 0) is 21.7 Å². The first-order valence-electron chi connectivity index (χ1n) is 36.0. The maximum atomic E-state index is 9.57. The van der Waals surface area contributed by atoms with Gasteiger partial charge in [-0.05, 0) is 195 Å². The normalized spacial score (nSPS) is 16.8. The van der Waals surface area contributed by atoms with Crippen molar-refractivity contribution in [3.63, 3.8) is 0 Å². The second-order valence-corrected chi connectivity index (χ2v) is 27.3. The Morgan fingerprint density at radius 2 is 0.831 bits per heavy atom. The van der Waals surface area contributed by atoms with E-state index in [1.54, 1.807) is 0 Å². The lowest BCUT2D eigenvalue weighted by Gasteiger charge is -2.45. The molecule has 0 bridgehead atoms. The van der Waals surface area contributed by atoms with Crippen LogP contribution in [0.15, 0.2) is 261 Å². The molecule has 2 aliphatic heterocycles. The van der Waals surface area contributed by atoms with E-state index in [0.717, 1.165) is 78.2 Å². The number of hydrogen-bond acceptors (Lipinski definition) is 3. The predicted octanol–water partition coefficient (Wildman–Crippen LogP) is 20.8. The van der Waals surface area contributed by atoms with Gasteiger partial charge in [0.15, 0.2) is 0 Å². The van der Waals surface area contributed by atoms with Crippen molar-refractivity contribution in [2.75, 3.05) is 14.7 Å². The van der Waals surface area contributed by atoms with E-state index in [0.29, 0.717) is 5.69 Å². The van der Waals surface area contributed by atoms with Gasteiger partial charge in [0.25, 0.3) is 6.71 Å². The van der Waals surface area contributed by atoms with E-state index in [1.165, 1.54) is 66.1 Å². The van der Waals surface area contributed by atoms with Crippen LogP contribution in [0.3, 0.4) is 0 Å². The zero-order chi connectivity index (χ0) is 69.2. The van der Waals surface area contributed by atoms with Crippen LogP contribution in [0.4, 0.5) is 51.2 Å². The third-order valence-electron chi connectivity index (χ3n) is 20.3. The van der Waals surface area contributed by atoms with Gasteiger partial charge < -0.3 is 14.7 Å². The van der Waals surface area contributed by atoms with Crippen molar-refractivity contribution in [2.45, 2.75) is 84.0 Å². The number of benzene rings is 12. The van der Waals surface area contributed by atoms with E-state index in [2.05, 4.69) is 254 Å². The number of anilines is 9.